The number of rotatable bonds is 8. The molecule has 0 aliphatic rings. The lowest BCUT2D eigenvalue weighted by Gasteiger charge is -2.27. The van der Waals surface area contributed by atoms with Crippen molar-refractivity contribution in [2.24, 2.45) is 0 Å². The molecule has 336 valence electrons. The zero-order valence-corrected chi connectivity index (χ0v) is 39.5. The third-order valence-electron chi connectivity index (χ3n) is 14.7. The predicted octanol–water partition coefficient (Wildman–Crippen LogP) is 19.5. The minimum Gasteiger partial charge on any atom is -0.310 e. The van der Waals surface area contributed by atoms with E-state index >= 15 is 0 Å². The van der Waals surface area contributed by atoms with Gasteiger partial charge in [-0.05, 0) is 154 Å². The highest BCUT2D eigenvalue weighted by molar-refractivity contribution is 6.22. The quantitative estimate of drug-likeness (QED) is 0.138. The lowest BCUT2D eigenvalue weighted by Crippen LogP contribution is -2.10. The Kier molecular flexibility index (Phi) is 9.89. The average molecular weight is 915 g/mol. The van der Waals surface area contributed by atoms with Crippen molar-refractivity contribution in [3.05, 3.63) is 279 Å². The van der Waals surface area contributed by atoms with Gasteiger partial charge in [-0.2, -0.15) is 0 Å². The number of hydrogen-bond donors (Lipinski definition) is 0. The molecule has 2 heteroatoms. The first-order valence-electron chi connectivity index (χ1n) is 24.8. The molecule has 0 amide bonds. The van der Waals surface area contributed by atoms with E-state index < -0.39 is 0 Å². The van der Waals surface area contributed by atoms with Gasteiger partial charge < -0.3 is 9.47 Å². The fourth-order valence-corrected chi connectivity index (χ4v) is 11.5. The van der Waals surface area contributed by atoms with Gasteiger partial charge in [-0.25, -0.2) is 0 Å². The molecule has 0 radical (unpaired) electrons. The summed E-state index contributed by atoms with van der Waals surface area (Å²) in [6.07, 6.45) is 0. The summed E-state index contributed by atoms with van der Waals surface area (Å²) in [4.78, 5) is 2.44. The number of fused-ring (bicyclic) bond motifs is 9. The van der Waals surface area contributed by atoms with Crippen LogP contribution in [0.2, 0.25) is 0 Å². The van der Waals surface area contributed by atoms with E-state index in [1.54, 1.807) is 0 Å². The lowest BCUT2D eigenvalue weighted by atomic mass is 9.84. The summed E-state index contributed by atoms with van der Waals surface area (Å²) in [5.74, 6) is 0. The number of aromatic nitrogens is 1. The van der Waals surface area contributed by atoms with Crippen LogP contribution in [0.4, 0.5) is 17.1 Å². The van der Waals surface area contributed by atoms with E-state index in [-0.39, 0.29) is 0 Å². The molecule has 0 spiro atoms. The van der Waals surface area contributed by atoms with E-state index in [4.69, 9.17) is 0 Å². The normalized spacial score (nSPS) is 11.6. The maximum atomic E-state index is 2.44. The number of anilines is 3. The lowest BCUT2D eigenvalue weighted by molar-refractivity contribution is 1.18. The van der Waals surface area contributed by atoms with Gasteiger partial charge >= 0.3 is 0 Å². The van der Waals surface area contributed by atoms with Crippen LogP contribution >= 0.6 is 0 Å². The van der Waals surface area contributed by atoms with E-state index in [0.29, 0.717) is 0 Å². The summed E-state index contributed by atoms with van der Waals surface area (Å²) in [5, 5.41) is 12.4. The van der Waals surface area contributed by atoms with Crippen molar-refractivity contribution in [1.82, 2.24) is 4.57 Å². The van der Waals surface area contributed by atoms with Gasteiger partial charge in [-0.1, -0.05) is 212 Å². The summed E-state index contributed by atoms with van der Waals surface area (Å²) < 4.78 is 2.40. The van der Waals surface area contributed by atoms with Gasteiger partial charge in [0, 0.05) is 33.5 Å². The van der Waals surface area contributed by atoms with E-state index in [9.17, 15) is 0 Å². The minimum atomic E-state index is 1.08. The Hall–Kier alpha value is -9.50. The molecule has 2 nitrogen and oxygen atoms in total. The van der Waals surface area contributed by atoms with Crippen molar-refractivity contribution >= 4 is 82.0 Å². The molecule has 0 bridgehead atoms. The summed E-state index contributed by atoms with van der Waals surface area (Å²) in [6, 6.07) is 102. The Morgan fingerprint density at radius 1 is 0.250 bits per heavy atom. The van der Waals surface area contributed by atoms with Gasteiger partial charge in [0.2, 0.25) is 0 Å². The Morgan fingerprint density at radius 3 is 1.51 bits per heavy atom. The summed E-state index contributed by atoms with van der Waals surface area (Å²) >= 11 is 0. The maximum absolute atomic E-state index is 2.44. The van der Waals surface area contributed by atoms with Crippen LogP contribution in [-0.2, 0) is 0 Å². The molecule has 0 aliphatic heterocycles. The second kappa shape index (κ2) is 17.2. The topological polar surface area (TPSA) is 8.17 Å². The number of hydrogen-bond acceptors (Lipinski definition) is 1. The van der Waals surface area contributed by atoms with Gasteiger partial charge in [-0.3, -0.25) is 0 Å². The zero-order chi connectivity index (χ0) is 47.5. The zero-order valence-electron chi connectivity index (χ0n) is 39.5. The van der Waals surface area contributed by atoms with Crippen LogP contribution in [-0.4, -0.2) is 4.57 Å². The van der Waals surface area contributed by atoms with E-state index in [1.807, 2.05) is 0 Å². The van der Waals surface area contributed by atoms with E-state index in [0.717, 1.165) is 39.4 Å². The monoisotopic (exact) mass is 914 g/mol. The fraction of sp³-hybridized carbons (Fsp3) is 0. The molecule has 0 fully saturated rings. The van der Waals surface area contributed by atoms with Crippen molar-refractivity contribution < 1.29 is 0 Å². The van der Waals surface area contributed by atoms with Crippen molar-refractivity contribution in [3.8, 4) is 50.2 Å². The van der Waals surface area contributed by atoms with Crippen molar-refractivity contribution in [2.75, 3.05) is 4.90 Å². The van der Waals surface area contributed by atoms with Crippen LogP contribution in [0.15, 0.2) is 279 Å². The molecule has 14 aromatic rings. The van der Waals surface area contributed by atoms with Crippen LogP contribution in [0, 0.1) is 0 Å². The Morgan fingerprint density at radius 2 is 0.750 bits per heavy atom. The molecule has 0 saturated heterocycles. The molecule has 1 aromatic heterocycles. The SMILES string of the molecule is c1ccc(-c2c(-c3ccccc3)c3cc(-c4cccc(N(c5cccc(-c6cccc7c6c6ccccc6n7-c6ccccc6)c5)c5ccc6c(ccc7ccccc76)c5)c4)ccc3c3ccccc23)cc1. The van der Waals surface area contributed by atoms with Crippen LogP contribution in [0.25, 0.3) is 115 Å². The van der Waals surface area contributed by atoms with Gasteiger partial charge in [0.25, 0.3) is 0 Å². The molecule has 72 heavy (non-hydrogen) atoms. The average Bonchev–Trinajstić information content (AvgIpc) is 3.80. The predicted molar refractivity (Wildman–Crippen MR) is 307 cm³/mol. The Balaban J connectivity index is 0.969. The van der Waals surface area contributed by atoms with Crippen LogP contribution in [0.1, 0.15) is 0 Å². The van der Waals surface area contributed by atoms with Crippen molar-refractivity contribution in [3.63, 3.8) is 0 Å². The van der Waals surface area contributed by atoms with Crippen LogP contribution in [0.5, 0.6) is 0 Å². The highest BCUT2D eigenvalue weighted by Crippen LogP contribution is 2.47. The summed E-state index contributed by atoms with van der Waals surface area (Å²) in [7, 11) is 0. The maximum Gasteiger partial charge on any atom is 0.0547 e. The molecule has 1 heterocycles. The molecular formula is C70H46N2. The Bertz CT molecular complexity index is 4380. The Labute approximate surface area is 418 Å². The van der Waals surface area contributed by atoms with Gasteiger partial charge in [0.1, 0.15) is 0 Å². The number of para-hydroxylation sites is 2. The fourth-order valence-electron chi connectivity index (χ4n) is 11.5. The smallest absolute Gasteiger partial charge is 0.0547 e. The van der Waals surface area contributed by atoms with Crippen LogP contribution < -0.4 is 4.90 Å². The van der Waals surface area contributed by atoms with E-state index in [1.165, 1.54) is 92.7 Å². The van der Waals surface area contributed by atoms with Crippen molar-refractivity contribution in [1.29, 1.82) is 0 Å². The number of benzene rings is 13. The van der Waals surface area contributed by atoms with Crippen LogP contribution in [0.3, 0.4) is 0 Å². The van der Waals surface area contributed by atoms with Gasteiger partial charge in [0.05, 0.1) is 11.0 Å². The molecule has 14 rings (SSSR count). The molecule has 13 aromatic carbocycles. The molecular weight excluding hydrogens is 869 g/mol. The summed E-state index contributed by atoms with van der Waals surface area (Å²) in [6.45, 7) is 0. The van der Waals surface area contributed by atoms with Gasteiger partial charge in [-0.15, -0.1) is 0 Å². The van der Waals surface area contributed by atoms with E-state index in [2.05, 4.69) is 289 Å². The highest BCUT2D eigenvalue weighted by atomic mass is 15.1. The van der Waals surface area contributed by atoms with Crippen molar-refractivity contribution in [2.45, 2.75) is 0 Å². The molecule has 0 unspecified atom stereocenters. The standard InChI is InChI=1S/C70H46N2/c1-4-20-48(21-5-1)68-63-32-13-12-31-61(63)62-41-39-51(46-65(62)69(68)49-22-6-2-7-23-49)50-24-16-28-55(43-50)71(57-40-42-59-53(45-57)38-37-47-19-10-11-30-58(47)59)56-29-17-25-52(44-56)60-34-18-36-67-70(60)64-33-14-15-35-66(64)72(67)54-26-8-3-9-27-54/h1-46H. The second-order valence-electron chi connectivity index (χ2n) is 18.8. The highest BCUT2D eigenvalue weighted by Gasteiger charge is 2.21. The summed E-state index contributed by atoms with van der Waals surface area (Å²) in [5.41, 5.74) is 16.4. The first kappa shape index (κ1) is 41.5. The minimum absolute atomic E-state index is 1.08. The third kappa shape index (κ3) is 6.88. The first-order chi connectivity index (χ1) is 35.7. The largest absolute Gasteiger partial charge is 0.310 e. The third-order valence-corrected chi connectivity index (χ3v) is 14.7. The first-order valence-corrected chi connectivity index (χ1v) is 24.8. The second-order valence-corrected chi connectivity index (χ2v) is 18.8. The molecule has 0 atom stereocenters. The molecule has 0 aliphatic carbocycles. The molecule has 0 saturated carbocycles. The van der Waals surface area contributed by atoms with Gasteiger partial charge in [0.15, 0.2) is 0 Å². The molecule has 0 N–H and O–H groups in total. The number of nitrogens with zero attached hydrogens (tertiary/aromatic N) is 2.